The molecule has 8 nitrogen and oxygen atoms in total. The molecular formula is C7H15N5O3. The summed E-state index contributed by atoms with van der Waals surface area (Å²) in [4.78, 5) is 33.6. The average molecular weight is 217 g/mol. The topological polar surface area (TPSA) is 131 Å². The van der Waals surface area contributed by atoms with E-state index in [0.29, 0.717) is 0 Å². The van der Waals surface area contributed by atoms with Crippen molar-refractivity contribution in [3.05, 3.63) is 0 Å². The zero-order valence-electron chi connectivity index (χ0n) is 8.45. The molecule has 0 aliphatic rings. The molecule has 0 bridgehead atoms. The van der Waals surface area contributed by atoms with Gasteiger partial charge in [-0.3, -0.25) is 24.7 Å². The number of nitrogens with one attached hydrogen (secondary N) is 2. The van der Waals surface area contributed by atoms with Crippen LogP contribution in [0.2, 0.25) is 0 Å². The van der Waals surface area contributed by atoms with Crippen LogP contribution in [0.5, 0.6) is 0 Å². The summed E-state index contributed by atoms with van der Waals surface area (Å²) in [7, 11) is 1.52. The van der Waals surface area contributed by atoms with Gasteiger partial charge in [0.15, 0.2) is 0 Å². The number of hydrogen-bond acceptors (Lipinski definition) is 5. The molecule has 6 N–H and O–H groups in total. The van der Waals surface area contributed by atoms with Crippen molar-refractivity contribution in [2.24, 2.45) is 11.5 Å². The fraction of sp³-hybridized carbons (Fsp3) is 0.571. The van der Waals surface area contributed by atoms with E-state index in [0.717, 1.165) is 0 Å². The van der Waals surface area contributed by atoms with Crippen LogP contribution in [0.15, 0.2) is 0 Å². The fourth-order valence-electron chi connectivity index (χ4n) is 0.991. The van der Waals surface area contributed by atoms with Gasteiger partial charge >= 0.3 is 0 Å². The van der Waals surface area contributed by atoms with Crippen LogP contribution in [-0.4, -0.2) is 49.3 Å². The highest BCUT2D eigenvalue weighted by Crippen LogP contribution is 1.86. The number of hydrazine groups is 1. The van der Waals surface area contributed by atoms with E-state index in [-0.39, 0.29) is 25.5 Å². The number of nitrogens with two attached hydrogens (primary N) is 2. The SMILES string of the molecule is CNNC(=O)CN(CC(N)=O)CC(N)=O. The van der Waals surface area contributed by atoms with Gasteiger partial charge in [-0.1, -0.05) is 0 Å². The maximum absolute atomic E-state index is 11.1. The molecule has 0 fully saturated rings. The lowest BCUT2D eigenvalue weighted by Crippen LogP contribution is -2.47. The molecule has 0 unspecified atom stereocenters. The highest BCUT2D eigenvalue weighted by molar-refractivity contribution is 5.82. The third-order valence-electron chi connectivity index (χ3n) is 1.39. The summed E-state index contributed by atoms with van der Waals surface area (Å²) in [6.45, 7) is -0.521. The van der Waals surface area contributed by atoms with Gasteiger partial charge in [-0.15, -0.1) is 0 Å². The maximum atomic E-state index is 11.1. The van der Waals surface area contributed by atoms with Crippen LogP contribution in [0, 0.1) is 0 Å². The molecule has 0 aromatic rings. The Balaban J connectivity index is 4.16. The molecule has 0 saturated heterocycles. The maximum Gasteiger partial charge on any atom is 0.248 e. The predicted molar refractivity (Wildman–Crippen MR) is 52.0 cm³/mol. The molecule has 8 heteroatoms. The number of rotatable bonds is 7. The zero-order chi connectivity index (χ0) is 11.8. The van der Waals surface area contributed by atoms with Crippen molar-refractivity contribution in [1.29, 1.82) is 0 Å². The third-order valence-corrected chi connectivity index (χ3v) is 1.39. The first-order valence-corrected chi connectivity index (χ1v) is 4.20. The summed E-state index contributed by atoms with van der Waals surface area (Å²) in [6, 6.07) is 0. The Morgan fingerprint density at radius 1 is 1.07 bits per heavy atom. The molecule has 0 radical (unpaired) electrons. The van der Waals surface area contributed by atoms with E-state index in [2.05, 4.69) is 10.9 Å². The number of carbonyl (C=O) groups is 3. The molecule has 0 atom stereocenters. The summed E-state index contributed by atoms with van der Waals surface area (Å²) in [5.41, 5.74) is 14.6. The largest absolute Gasteiger partial charge is 0.369 e. The van der Waals surface area contributed by atoms with E-state index in [1.165, 1.54) is 11.9 Å². The summed E-state index contributed by atoms with van der Waals surface area (Å²) in [5, 5.41) is 0. The normalized spacial score (nSPS) is 10.0. The van der Waals surface area contributed by atoms with E-state index in [1.54, 1.807) is 0 Å². The number of amides is 3. The van der Waals surface area contributed by atoms with Crippen molar-refractivity contribution in [2.45, 2.75) is 0 Å². The fourth-order valence-corrected chi connectivity index (χ4v) is 0.991. The first kappa shape index (κ1) is 13.3. The van der Waals surface area contributed by atoms with Crippen molar-refractivity contribution in [1.82, 2.24) is 15.8 Å². The summed E-state index contributed by atoms with van der Waals surface area (Å²) >= 11 is 0. The van der Waals surface area contributed by atoms with Gasteiger partial charge in [-0.25, -0.2) is 5.43 Å². The second-order valence-corrected chi connectivity index (χ2v) is 2.88. The van der Waals surface area contributed by atoms with E-state index in [1.807, 2.05) is 0 Å². The van der Waals surface area contributed by atoms with E-state index in [9.17, 15) is 14.4 Å². The monoisotopic (exact) mass is 217 g/mol. The van der Waals surface area contributed by atoms with Crippen molar-refractivity contribution >= 4 is 17.7 Å². The van der Waals surface area contributed by atoms with Gasteiger partial charge in [-0.05, 0) is 0 Å². The first-order valence-electron chi connectivity index (χ1n) is 4.20. The highest BCUT2D eigenvalue weighted by atomic mass is 16.2. The van der Waals surface area contributed by atoms with Crippen molar-refractivity contribution in [3.63, 3.8) is 0 Å². The second kappa shape index (κ2) is 6.74. The number of carbonyl (C=O) groups excluding carboxylic acids is 3. The Labute approximate surface area is 86.9 Å². The third kappa shape index (κ3) is 7.40. The van der Waals surface area contributed by atoms with E-state index < -0.39 is 11.8 Å². The number of hydrogen-bond donors (Lipinski definition) is 4. The molecule has 0 rings (SSSR count). The van der Waals surface area contributed by atoms with Gasteiger partial charge in [0.1, 0.15) is 0 Å². The highest BCUT2D eigenvalue weighted by Gasteiger charge is 2.14. The van der Waals surface area contributed by atoms with Crippen LogP contribution < -0.4 is 22.3 Å². The standard InChI is InChI=1S/C7H15N5O3/c1-10-11-7(15)4-12(2-5(8)13)3-6(9)14/h10H,2-4H2,1H3,(H2,8,13)(H2,9,14)(H,11,15). The van der Waals surface area contributed by atoms with Crippen LogP contribution >= 0.6 is 0 Å². The quantitative estimate of drug-likeness (QED) is 0.329. The van der Waals surface area contributed by atoms with Gasteiger partial charge in [0.05, 0.1) is 19.6 Å². The Bertz CT molecular complexity index is 239. The minimum Gasteiger partial charge on any atom is -0.369 e. The van der Waals surface area contributed by atoms with Gasteiger partial charge < -0.3 is 11.5 Å². The van der Waals surface area contributed by atoms with Gasteiger partial charge in [-0.2, -0.15) is 0 Å². The van der Waals surface area contributed by atoms with Crippen molar-refractivity contribution in [2.75, 3.05) is 26.7 Å². The lowest BCUT2D eigenvalue weighted by molar-refractivity contribution is -0.126. The molecule has 3 amide bonds. The molecular weight excluding hydrogens is 202 g/mol. The van der Waals surface area contributed by atoms with Crippen LogP contribution in [0.25, 0.3) is 0 Å². The van der Waals surface area contributed by atoms with Crippen LogP contribution in [-0.2, 0) is 14.4 Å². The minimum atomic E-state index is -0.631. The first-order chi connectivity index (χ1) is 6.95. The Kier molecular flexibility index (Phi) is 5.99. The van der Waals surface area contributed by atoms with E-state index in [4.69, 9.17) is 11.5 Å². The molecule has 0 aromatic carbocycles. The average Bonchev–Trinajstić information content (AvgIpc) is 2.00. The van der Waals surface area contributed by atoms with Crippen molar-refractivity contribution < 1.29 is 14.4 Å². The number of nitrogens with zero attached hydrogens (tertiary/aromatic N) is 1. The minimum absolute atomic E-state index is 0.132. The molecule has 0 aliphatic heterocycles. The molecule has 0 heterocycles. The zero-order valence-corrected chi connectivity index (χ0v) is 8.45. The Hall–Kier alpha value is -1.67. The smallest absolute Gasteiger partial charge is 0.248 e. The van der Waals surface area contributed by atoms with Gasteiger partial charge in [0.25, 0.3) is 0 Å². The Morgan fingerprint density at radius 2 is 1.53 bits per heavy atom. The molecule has 0 spiro atoms. The van der Waals surface area contributed by atoms with Crippen LogP contribution in [0.3, 0.4) is 0 Å². The number of primary amides is 2. The molecule has 0 saturated carbocycles. The van der Waals surface area contributed by atoms with Gasteiger partial charge in [0, 0.05) is 7.05 Å². The lowest BCUT2D eigenvalue weighted by atomic mass is 10.4. The Morgan fingerprint density at radius 3 is 1.87 bits per heavy atom. The lowest BCUT2D eigenvalue weighted by Gasteiger charge is -2.17. The predicted octanol–water partition coefficient (Wildman–Crippen LogP) is -3.49. The molecule has 0 aliphatic carbocycles. The van der Waals surface area contributed by atoms with Crippen molar-refractivity contribution in [3.8, 4) is 0 Å². The molecule has 86 valence electrons. The van der Waals surface area contributed by atoms with Gasteiger partial charge in [0.2, 0.25) is 17.7 Å². The van der Waals surface area contributed by atoms with E-state index >= 15 is 0 Å². The molecule has 15 heavy (non-hydrogen) atoms. The summed E-state index contributed by atoms with van der Waals surface area (Å²) in [6.07, 6.45) is 0. The van der Waals surface area contributed by atoms with Crippen LogP contribution in [0.1, 0.15) is 0 Å². The summed E-state index contributed by atoms with van der Waals surface area (Å²) in [5.74, 6) is -1.65. The summed E-state index contributed by atoms with van der Waals surface area (Å²) < 4.78 is 0. The molecule has 0 aromatic heterocycles. The van der Waals surface area contributed by atoms with Crippen LogP contribution in [0.4, 0.5) is 0 Å². The second-order valence-electron chi connectivity index (χ2n) is 2.88.